The number of nitrogens with zero attached hydrogens (tertiary/aromatic N) is 2. The minimum atomic E-state index is -0.358. The molecule has 0 radical (unpaired) electrons. The van der Waals surface area contributed by atoms with Gasteiger partial charge in [-0.1, -0.05) is 11.3 Å². The van der Waals surface area contributed by atoms with Gasteiger partial charge in [-0.05, 0) is 6.92 Å². The van der Waals surface area contributed by atoms with Crippen molar-refractivity contribution in [3.05, 3.63) is 10.6 Å². The standard InChI is InChI=1S/C13H17N3O3S/c1-8(17)14-12-15-9-3-4-16(5-10(9)20-12)11(18)13(2)6-19-7-13/h3-7H2,1-2H3,(H,14,15,17). The highest BCUT2D eigenvalue weighted by atomic mass is 32.1. The Hall–Kier alpha value is -1.47. The molecule has 2 aliphatic heterocycles. The normalized spacial score (nSPS) is 20.0. The molecular weight excluding hydrogens is 278 g/mol. The fraction of sp³-hybridized carbons (Fsp3) is 0.615. The molecule has 1 N–H and O–H groups in total. The fourth-order valence-electron chi connectivity index (χ4n) is 2.49. The number of anilines is 1. The van der Waals surface area contributed by atoms with E-state index in [1.165, 1.54) is 18.3 Å². The van der Waals surface area contributed by atoms with E-state index in [1.807, 2.05) is 11.8 Å². The van der Waals surface area contributed by atoms with Crippen molar-refractivity contribution >= 4 is 28.3 Å². The number of carbonyl (C=O) groups is 2. The number of hydrogen-bond acceptors (Lipinski definition) is 5. The summed E-state index contributed by atoms with van der Waals surface area (Å²) in [6, 6.07) is 0. The van der Waals surface area contributed by atoms with Gasteiger partial charge in [-0.15, -0.1) is 0 Å². The van der Waals surface area contributed by atoms with E-state index in [0.717, 1.165) is 17.0 Å². The number of aromatic nitrogens is 1. The molecule has 0 aromatic carbocycles. The molecule has 0 bridgehead atoms. The number of fused-ring (bicyclic) bond motifs is 1. The fourth-order valence-corrected chi connectivity index (χ4v) is 3.56. The lowest BCUT2D eigenvalue weighted by atomic mass is 9.86. The van der Waals surface area contributed by atoms with Crippen LogP contribution in [0.15, 0.2) is 0 Å². The summed E-state index contributed by atoms with van der Waals surface area (Å²) >= 11 is 1.45. The Balaban J connectivity index is 1.73. The first-order valence-electron chi connectivity index (χ1n) is 6.61. The highest BCUT2D eigenvalue weighted by Crippen LogP contribution is 2.33. The molecule has 6 nitrogen and oxygen atoms in total. The Bertz CT molecular complexity index is 565. The van der Waals surface area contributed by atoms with E-state index < -0.39 is 0 Å². The van der Waals surface area contributed by atoms with Gasteiger partial charge in [0, 0.05) is 24.8 Å². The van der Waals surface area contributed by atoms with Gasteiger partial charge in [-0.3, -0.25) is 9.59 Å². The monoisotopic (exact) mass is 295 g/mol. The maximum Gasteiger partial charge on any atom is 0.233 e. The van der Waals surface area contributed by atoms with Gasteiger partial charge in [-0.25, -0.2) is 4.98 Å². The van der Waals surface area contributed by atoms with Gasteiger partial charge < -0.3 is 15.0 Å². The predicted molar refractivity (Wildman–Crippen MR) is 74.5 cm³/mol. The predicted octanol–water partition coefficient (Wildman–Crippen LogP) is 1.02. The van der Waals surface area contributed by atoms with E-state index in [1.54, 1.807) is 0 Å². The van der Waals surface area contributed by atoms with Crippen LogP contribution in [0.25, 0.3) is 0 Å². The minimum Gasteiger partial charge on any atom is -0.379 e. The molecule has 1 fully saturated rings. The van der Waals surface area contributed by atoms with E-state index in [4.69, 9.17) is 4.74 Å². The number of ether oxygens (including phenoxy) is 1. The van der Waals surface area contributed by atoms with Crippen molar-refractivity contribution in [2.75, 3.05) is 25.1 Å². The quantitative estimate of drug-likeness (QED) is 0.884. The lowest BCUT2D eigenvalue weighted by Crippen LogP contribution is -2.54. The van der Waals surface area contributed by atoms with E-state index in [-0.39, 0.29) is 17.2 Å². The molecule has 0 unspecified atom stereocenters. The van der Waals surface area contributed by atoms with Gasteiger partial charge in [0.1, 0.15) is 0 Å². The van der Waals surface area contributed by atoms with Crippen LogP contribution in [-0.4, -0.2) is 41.5 Å². The summed E-state index contributed by atoms with van der Waals surface area (Å²) in [5.74, 6) is 0.0343. The molecule has 3 heterocycles. The lowest BCUT2D eigenvalue weighted by Gasteiger charge is -2.41. The van der Waals surface area contributed by atoms with E-state index in [9.17, 15) is 9.59 Å². The molecular formula is C13H17N3O3S. The van der Waals surface area contributed by atoms with Crippen molar-refractivity contribution in [3.63, 3.8) is 0 Å². The largest absolute Gasteiger partial charge is 0.379 e. The molecule has 1 saturated heterocycles. The van der Waals surface area contributed by atoms with Crippen molar-refractivity contribution in [2.24, 2.45) is 5.41 Å². The molecule has 2 aliphatic rings. The third-order valence-electron chi connectivity index (χ3n) is 3.66. The SMILES string of the molecule is CC(=O)Nc1nc2c(s1)CN(C(=O)C1(C)COC1)CC2. The van der Waals surface area contributed by atoms with Crippen molar-refractivity contribution in [1.29, 1.82) is 0 Å². The van der Waals surface area contributed by atoms with Gasteiger partial charge in [0.2, 0.25) is 11.8 Å². The summed E-state index contributed by atoms with van der Waals surface area (Å²) in [5, 5.41) is 3.32. The van der Waals surface area contributed by atoms with Gasteiger partial charge in [-0.2, -0.15) is 0 Å². The topological polar surface area (TPSA) is 71.5 Å². The van der Waals surface area contributed by atoms with Gasteiger partial charge >= 0.3 is 0 Å². The molecule has 1 aromatic heterocycles. The number of rotatable bonds is 2. The number of nitrogens with one attached hydrogen (secondary N) is 1. The van der Waals surface area contributed by atoms with Gasteiger partial charge in [0.15, 0.2) is 5.13 Å². The molecule has 2 amide bonds. The highest BCUT2D eigenvalue weighted by molar-refractivity contribution is 7.15. The van der Waals surface area contributed by atoms with Crippen molar-refractivity contribution in [2.45, 2.75) is 26.8 Å². The smallest absolute Gasteiger partial charge is 0.233 e. The molecule has 1 aromatic rings. The van der Waals surface area contributed by atoms with E-state index in [0.29, 0.717) is 31.4 Å². The zero-order valence-electron chi connectivity index (χ0n) is 11.6. The first-order valence-corrected chi connectivity index (χ1v) is 7.43. The van der Waals surface area contributed by atoms with Crippen molar-refractivity contribution < 1.29 is 14.3 Å². The van der Waals surface area contributed by atoms with Gasteiger partial charge in [0.05, 0.1) is 30.9 Å². The van der Waals surface area contributed by atoms with Crippen LogP contribution in [0.3, 0.4) is 0 Å². The second-order valence-corrected chi connectivity index (χ2v) is 6.68. The third kappa shape index (κ3) is 2.31. The number of thiazole rings is 1. The first-order chi connectivity index (χ1) is 9.48. The van der Waals surface area contributed by atoms with Crippen LogP contribution in [0.4, 0.5) is 5.13 Å². The third-order valence-corrected chi connectivity index (χ3v) is 4.66. The molecule has 0 aliphatic carbocycles. The summed E-state index contributed by atoms with van der Waals surface area (Å²) in [6.07, 6.45) is 0.744. The Morgan fingerprint density at radius 1 is 1.45 bits per heavy atom. The minimum absolute atomic E-state index is 0.122. The van der Waals surface area contributed by atoms with Crippen LogP contribution in [0.1, 0.15) is 24.4 Å². The molecule has 0 saturated carbocycles. The second-order valence-electron chi connectivity index (χ2n) is 5.60. The van der Waals surface area contributed by atoms with Crippen LogP contribution in [-0.2, 0) is 27.3 Å². The maximum absolute atomic E-state index is 12.5. The van der Waals surface area contributed by atoms with Crippen LogP contribution in [0.2, 0.25) is 0 Å². The van der Waals surface area contributed by atoms with Crippen LogP contribution < -0.4 is 5.32 Å². The first kappa shape index (κ1) is 13.5. The Kier molecular flexibility index (Phi) is 3.25. The average Bonchev–Trinajstić information content (AvgIpc) is 2.75. The Labute approximate surface area is 121 Å². The molecule has 3 rings (SSSR count). The molecule has 108 valence electrons. The maximum atomic E-state index is 12.5. The molecule has 0 spiro atoms. The Morgan fingerprint density at radius 2 is 2.20 bits per heavy atom. The van der Waals surface area contributed by atoms with Crippen molar-refractivity contribution in [1.82, 2.24) is 9.88 Å². The second kappa shape index (κ2) is 4.82. The molecule has 20 heavy (non-hydrogen) atoms. The zero-order chi connectivity index (χ0) is 14.3. The summed E-state index contributed by atoms with van der Waals surface area (Å²) in [7, 11) is 0. The lowest BCUT2D eigenvalue weighted by molar-refractivity contribution is -0.169. The van der Waals surface area contributed by atoms with Crippen LogP contribution in [0.5, 0.6) is 0 Å². The number of carbonyl (C=O) groups excluding carboxylic acids is 2. The Morgan fingerprint density at radius 3 is 2.80 bits per heavy atom. The van der Waals surface area contributed by atoms with Crippen LogP contribution in [0, 0.1) is 5.41 Å². The average molecular weight is 295 g/mol. The number of amides is 2. The zero-order valence-corrected chi connectivity index (χ0v) is 12.4. The summed E-state index contributed by atoms with van der Waals surface area (Å²) in [6.45, 7) is 5.70. The van der Waals surface area contributed by atoms with E-state index in [2.05, 4.69) is 10.3 Å². The van der Waals surface area contributed by atoms with Crippen LogP contribution >= 0.6 is 11.3 Å². The molecule has 7 heteroatoms. The van der Waals surface area contributed by atoms with E-state index >= 15 is 0 Å². The summed E-state index contributed by atoms with van der Waals surface area (Å²) in [5.41, 5.74) is 0.639. The summed E-state index contributed by atoms with van der Waals surface area (Å²) in [4.78, 5) is 30.9. The number of hydrogen-bond donors (Lipinski definition) is 1. The van der Waals surface area contributed by atoms with Gasteiger partial charge in [0.25, 0.3) is 0 Å². The molecule has 0 atom stereocenters. The van der Waals surface area contributed by atoms with Crippen molar-refractivity contribution in [3.8, 4) is 0 Å². The summed E-state index contributed by atoms with van der Waals surface area (Å²) < 4.78 is 5.16. The highest BCUT2D eigenvalue weighted by Gasteiger charge is 2.44.